The molecule has 0 saturated carbocycles. The van der Waals surface area contributed by atoms with Crippen molar-refractivity contribution in [3.05, 3.63) is 41.3 Å². The number of thiophene rings is 1. The van der Waals surface area contributed by atoms with Gasteiger partial charge in [-0.05, 0) is 24.0 Å². The summed E-state index contributed by atoms with van der Waals surface area (Å²) in [7, 11) is 3.42. The van der Waals surface area contributed by atoms with E-state index in [2.05, 4.69) is 13.8 Å². The lowest BCUT2D eigenvalue weighted by molar-refractivity contribution is 0.0791. The van der Waals surface area contributed by atoms with Gasteiger partial charge < -0.3 is 15.4 Å². The predicted octanol–water partition coefficient (Wildman–Crippen LogP) is 4.29. The smallest absolute Gasteiger partial charge is 0.267 e. The fraction of sp³-hybridized carbons (Fsp3) is 0.421. The minimum Gasteiger partial charge on any atom is -0.495 e. The van der Waals surface area contributed by atoms with E-state index < -0.39 is 0 Å². The SMILES string of the molecule is COc1cc(-c2ccccc2)sc1C(=O)N(C)CCC(N)C(C)C.Cl. The monoisotopic (exact) mass is 382 g/mol. The molecule has 2 N–H and O–H groups in total. The molecular weight excluding hydrogens is 356 g/mol. The van der Waals surface area contributed by atoms with Crippen molar-refractivity contribution in [3.63, 3.8) is 0 Å². The highest BCUT2D eigenvalue weighted by Crippen LogP contribution is 2.36. The van der Waals surface area contributed by atoms with E-state index in [1.807, 2.05) is 43.4 Å². The summed E-state index contributed by atoms with van der Waals surface area (Å²) in [5.41, 5.74) is 7.17. The maximum absolute atomic E-state index is 12.8. The van der Waals surface area contributed by atoms with Gasteiger partial charge in [0, 0.05) is 24.5 Å². The number of methoxy groups -OCH3 is 1. The number of amides is 1. The summed E-state index contributed by atoms with van der Waals surface area (Å²) in [5.74, 6) is 1.02. The molecule has 1 unspecified atom stereocenters. The Morgan fingerprint density at radius 1 is 1.28 bits per heavy atom. The van der Waals surface area contributed by atoms with E-state index in [0.717, 1.165) is 16.9 Å². The van der Waals surface area contributed by atoms with E-state index in [1.165, 1.54) is 11.3 Å². The molecule has 1 atom stereocenters. The highest BCUT2D eigenvalue weighted by atomic mass is 35.5. The molecule has 0 aliphatic heterocycles. The van der Waals surface area contributed by atoms with Gasteiger partial charge in [0.1, 0.15) is 10.6 Å². The molecule has 0 aliphatic carbocycles. The molecule has 1 aromatic heterocycles. The molecule has 6 heteroatoms. The van der Waals surface area contributed by atoms with Gasteiger partial charge >= 0.3 is 0 Å². The van der Waals surface area contributed by atoms with Crippen LogP contribution in [0.4, 0.5) is 0 Å². The number of carbonyl (C=O) groups is 1. The van der Waals surface area contributed by atoms with Crippen LogP contribution >= 0.6 is 23.7 Å². The lowest BCUT2D eigenvalue weighted by atomic mass is 10.0. The Morgan fingerprint density at radius 2 is 1.92 bits per heavy atom. The molecule has 0 saturated heterocycles. The number of halogens is 1. The van der Waals surface area contributed by atoms with Gasteiger partial charge in [0.05, 0.1) is 7.11 Å². The average molecular weight is 383 g/mol. The van der Waals surface area contributed by atoms with Gasteiger partial charge in [-0.3, -0.25) is 4.79 Å². The topological polar surface area (TPSA) is 55.6 Å². The number of rotatable bonds is 7. The third-order valence-corrected chi connectivity index (χ3v) is 5.32. The maximum atomic E-state index is 12.8. The van der Waals surface area contributed by atoms with Gasteiger partial charge in [-0.1, -0.05) is 44.2 Å². The van der Waals surface area contributed by atoms with Crippen LogP contribution in [-0.2, 0) is 0 Å². The van der Waals surface area contributed by atoms with Crippen molar-refractivity contribution in [1.29, 1.82) is 0 Å². The second-order valence-electron chi connectivity index (χ2n) is 6.30. The zero-order valence-electron chi connectivity index (χ0n) is 15.2. The van der Waals surface area contributed by atoms with Crippen molar-refractivity contribution >= 4 is 29.7 Å². The van der Waals surface area contributed by atoms with Crippen molar-refractivity contribution in [2.24, 2.45) is 11.7 Å². The summed E-state index contributed by atoms with van der Waals surface area (Å²) in [6, 6.07) is 12.1. The van der Waals surface area contributed by atoms with Crippen LogP contribution < -0.4 is 10.5 Å². The molecule has 0 fully saturated rings. The van der Waals surface area contributed by atoms with E-state index in [1.54, 1.807) is 12.0 Å². The Kier molecular flexibility index (Phi) is 8.42. The molecule has 1 heterocycles. The number of hydrogen-bond acceptors (Lipinski definition) is 4. The van der Waals surface area contributed by atoms with Gasteiger partial charge in [-0.2, -0.15) is 0 Å². The van der Waals surface area contributed by atoms with Crippen LogP contribution in [0.25, 0.3) is 10.4 Å². The second kappa shape index (κ2) is 9.80. The molecule has 4 nitrogen and oxygen atoms in total. The molecule has 0 radical (unpaired) electrons. The van der Waals surface area contributed by atoms with E-state index >= 15 is 0 Å². The van der Waals surface area contributed by atoms with Gasteiger partial charge in [-0.25, -0.2) is 0 Å². The van der Waals surface area contributed by atoms with Crippen LogP contribution in [0.1, 0.15) is 29.9 Å². The zero-order valence-corrected chi connectivity index (χ0v) is 16.8. The quantitative estimate of drug-likeness (QED) is 0.777. The van der Waals surface area contributed by atoms with Crippen LogP contribution in [-0.4, -0.2) is 37.6 Å². The predicted molar refractivity (Wildman–Crippen MR) is 108 cm³/mol. The molecule has 0 aliphatic rings. The number of nitrogens with two attached hydrogens (primary N) is 1. The average Bonchev–Trinajstić information content (AvgIpc) is 3.03. The van der Waals surface area contributed by atoms with Crippen molar-refractivity contribution < 1.29 is 9.53 Å². The number of nitrogens with zero attached hydrogens (tertiary/aromatic N) is 1. The molecule has 2 aromatic rings. The molecule has 0 spiro atoms. The van der Waals surface area contributed by atoms with Gasteiger partial charge in [-0.15, -0.1) is 23.7 Å². The highest BCUT2D eigenvalue weighted by Gasteiger charge is 2.21. The fourth-order valence-corrected chi connectivity index (χ4v) is 3.50. The van der Waals surface area contributed by atoms with Crippen molar-refractivity contribution in [2.75, 3.05) is 20.7 Å². The minimum atomic E-state index is -0.0185. The zero-order chi connectivity index (χ0) is 17.7. The van der Waals surface area contributed by atoms with Gasteiger partial charge in [0.2, 0.25) is 0 Å². The third-order valence-electron chi connectivity index (χ3n) is 4.17. The van der Waals surface area contributed by atoms with Gasteiger partial charge in [0.15, 0.2) is 0 Å². The Bertz CT molecular complexity index is 673. The fourth-order valence-electron chi connectivity index (χ4n) is 2.37. The molecule has 0 bridgehead atoms. The first-order valence-corrected chi connectivity index (χ1v) is 9.00. The van der Waals surface area contributed by atoms with Crippen LogP contribution in [0.2, 0.25) is 0 Å². The molecule has 138 valence electrons. The number of carbonyl (C=O) groups excluding carboxylic acids is 1. The first-order valence-electron chi connectivity index (χ1n) is 8.18. The summed E-state index contributed by atoms with van der Waals surface area (Å²) in [5, 5.41) is 0. The highest BCUT2D eigenvalue weighted by molar-refractivity contribution is 7.17. The molecule has 1 aromatic carbocycles. The first kappa shape index (κ1) is 21.5. The van der Waals surface area contributed by atoms with Crippen molar-refractivity contribution in [3.8, 4) is 16.2 Å². The number of ether oxygens (including phenoxy) is 1. The largest absolute Gasteiger partial charge is 0.495 e. The van der Waals surface area contributed by atoms with Crippen LogP contribution in [0.15, 0.2) is 36.4 Å². The number of benzene rings is 1. The third kappa shape index (κ3) is 5.46. The summed E-state index contributed by atoms with van der Waals surface area (Å²) in [6.07, 6.45) is 0.791. The molecule has 2 rings (SSSR count). The van der Waals surface area contributed by atoms with Crippen LogP contribution in [0.5, 0.6) is 5.75 Å². The van der Waals surface area contributed by atoms with E-state index in [-0.39, 0.29) is 24.4 Å². The summed E-state index contributed by atoms with van der Waals surface area (Å²) in [6.45, 7) is 4.84. The Labute approximate surface area is 160 Å². The van der Waals surface area contributed by atoms with E-state index in [4.69, 9.17) is 10.5 Å². The summed E-state index contributed by atoms with van der Waals surface area (Å²) < 4.78 is 5.42. The van der Waals surface area contributed by atoms with Gasteiger partial charge in [0.25, 0.3) is 5.91 Å². The molecular formula is C19H27ClN2O2S. The Morgan fingerprint density at radius 3 is 2.48 bits per heavy atom. The molecule has 25 heavy (non-hydrogen) atoms. The summed E-state index contributed by atoms with van der Waals surface area (Å²) >= 11 is 1.47. The standard InChI is InChI=1S/C19H26N2O2S.ClH/c1-13(2)15(20)10-11-21(3)19(22)18-16(23-4)12-17(24-18)14-8-6-5-7-9-14;/h5-9,12-13,15H,10-11,20H2,1-4H3;1H. The van der Waals surface area contributed by atoms with E-state index in [0.29, 0.717) is 23.1 Å². The molecule has 1 amide bonds. The van der Waals surface area contributed by atoms with Crippen molar-refractivity contribution in [2.45, 2.75) is 26.3 Å². The Hall–Kier alpha value is -1.56. The van der Waals surface area contributed by atoms with Crippen LogP contribution in [0.3, 0.4) is 0 Å². The maximum Gasteiger partial charge on any atom is 0.267 e. The first-order chi connectivity index (χ1) is 11.4. The second-order valence-corrected chi connectivity index (χ2v) is 7.35. The minimum absolute atomic E-state index is 0. The number of hydrogen-bond donors (Lipinski definition) is 1. The summed E-state index contributed by atoms with van der Waals surface area (Å²) in [4.78, 5) is 16.2. The lowest BCUT2D eigenvalue weighted by Crippen LogP contribution is -2.34. The van der Waals surface area contributed by atoms with Crippen molar-refractivity contribution in [1.82, 2.24) is 4.90 Å². The normalized spacial score (nSPS) is 11.8. The van der Waals surface area contributed by atoms with Crippen LogP contribution in [0, 0.1) is 5.92 Å². The van der Waals surface area contributed by atoms with E-state index in [9.17, 15) is 4.79 Å². The lowest BCUT2D eigenvalue weighted by Gasteiger charge is -2.21. The Balaban J connectivity index is 0.00000312.